The van der Waals surface area contributed by atoms with Crippen molar-refractivity contribution in [2.24, 2.45) is 11.7 Å². The molecule has 0 bridgehead atoms. The number of amides is 2. The van der Waals surface area contributed by atoms with Gasteiger partial charge in [-0.25, -0.2) is 0 Å². The lowest BCUT2D eigenvalue weighted by Gasteiger charge is -2.23. The van der Waals surface area contributed by atoms with Crippen LogP contribution in [-0.4, -0.2) is 35.5 Å². The number of ether oxygens (including phenoxy) is 1. The summed E-state index contributed by atoms with van der Waals surface area (Å²) in [6, 6.07) is 2.08. The average molecular weight is 390 g/mol. The van der Waals surface area contributed by atoms with E-state index in [1.807, 2.05) is 0 Å². The number of benzene rings is 1. The van der Waals surface area contributed by atoms with E-state index >= 15 is 0 Å². The van der Waals surface area contributed by atoms with Crippen molar-refractivity contribution < 1.29 is 37.4 Å². The van der Waals surface area contributed by atoms with Crippen LogP contribution in [0.5, 0.6) is 0 Å². The zero-order chi connectivity index (χ0) is 20.8. The largest absolute Gasteiger partial charge is 0.466 e. The number of rotatable bonds is 8. The van der Waals surface area contributed by atoms with E-state index in [0.29, 0.717) is 0 Å². The summed E-state index contributed by atoms with van der Waals surface area (Å²) in [5, 5.41) is 12.2. The van der Waals surface area contributed by atoms with Gasteiger partial charge in [-0.2, -0.15) is 13.2 Å². The third-order valence-corrected chi connectivity index (χ3v) is 3.77. The highest BCUT2D eigenvalue weighted by Gasteiger charge is 2.32. The van der Waals surface area contributed by atoms with Gasteiger partial charge in [0.2, 0.25) is 5.91 Å². The molecule has 7 nitrogen and oxygen atoms in total. The number of carbonyl (C=O) groups excluding carboxylic acids is 3. The molecule has 0 aliphatic rings. The van der Waals surface area contributed by atoms with Crippen molar-refractivity contribution in [3.63, 3.8) is 0 Å². The van der Waals surface area contributed by atoms with Gasteiger partial charge in [0.25, 0.3) is 5.91 Å². The van der Waals surface area contributed by atoms with Gasteiger partial charge in [0.05, 0.1) is 18.6 Å². The molecule has 4 N–H and O–H groups in total. The van der Waals surface area contributed by atoms with E-state index in [1.165, 1.54) is 6.92 Å². The van der Waals surface area contributed by atoms with Crippen LogP contribution in [0.15, 0.2) is 24.3 Å². The number of nitrogens with one attached hydrogen (secondary N) is 1. The maximum atomic E-state index is 12.6. The monoisotopic (exact) mass is 390 g/mol. The molecule has 0 fully saturated rings. The molecular weight excluding hydrogens is 369 g/mol. The van der Waals surface area contributed by atoms with Gasteiger partial charge in [0.15, 0.2) is 6.10 Å². The molecular formula is C17H21F3N2O5. The lowest BCUT2D eigenvalue weighted by atomic mass is 9.97. The number of hydrogen-bond acceptors (Lipinski definition) is 5. The summed E-state index contributed by atoms with van der Waals surface area (Å²) in [4.78, 5) is 35.2. The van der Waals surface area contributed by atoms with Gasteiger partial charge in [0, 0.05) is 0 Å². The predicted octanol–water partition coefficient (Wildman–Crippen LogP) is 1.30. The molecule has 1 aromatic rings. The normalized spacial score (nSPS) is 14.7. The topological polar surface area (TPSA) is 119 Å². The van der Waals surface area contributed by atoms with E-state index in [0.717, 1.165) is 24.3 Å². The molecule has 1 aromatic carbocycles. The van der Waals surface area contributed by atoms with Crippen molar-refractivity contribution in [1.29, 1.82) is 0 Å². The van der Waals surface area contributed by atoms with E-state index in [1.54, 1.807) is 6.92 Å². The zero-order valence-corrected chi connectivity index (χ0v) is 14.7. The molecule has 3 atom stereocenters. The lowest BCUT2D eigenvalue weighted by molar-refractivity contribution is -0.145. The summed E-state index contributed by atoms with van der Waals surface area (Å²) in [5.74, 6) is -3.27. The number of esters is 1. The molecule has 0 spiro atoms. The fourth-order valence-electron chi connectivity index (χ4n) is 2.33. The highest BCUT2D eigenvalue weighted by molar-refractivity contribution is 5.89. The van der Waals surface area contributed by atoms with Gasteiger partial charge in [0.1, 0.15) is 6.04 Å². The first-order valence-corrected chi connectivity index (χ1v) is 8.07. The minimum atomic E-state index is -4.55. The fraction of sp³-hybridized carbons (Fsp3) is 0.471. The van der Waals surface area contributed by atoms with Gasteiger partial charge in [-0.1, -0.05) is 19.1 Å². The second-order valence-electron chi connectivity index (χ2n) is 5.90. The van der Waals surface area contributed by atoms with Crippen LogP contribution in [0.2, 0.25) is 0 Å². The van der Waals surface area contributed by atoms with Crippen molar-refractivity contribution >= 4 is 17.8 Å². The van der Waals surface area contributed by atoms with Crippen LogP contribution in [0.25, 0.3) is 0 Å². The van der Waals surface area contributed by atoms with E-state index in [9.17, 15) is 32.7 Å². The first kappa shape index (κ1) is 22.4. The van der Waals surface area contributed by atoms with Gasteiger partial charge in [-0.05, 0) is 30.5 Å². The van der Waals surface area contributed by atoms with Gasteiger partial charge < -0.3 is 20.9 Å². The quantitative estimate of drug-likeness (QED) is 0.578. The molecule has 0 unspecified atom stereocenters. The van der Waals surface area contributed by atoms with E-state index in [4.69, 9.17) is 10.5 Å². The van der Waals surface area contributed by atoms with Crippen LogP contribution < -0.4 is 11.1 Å². The molecule has 1 rings (SSSR count). The molecule has 10 heteroatoms. The second-order valence-corrected chi connectivity index (χ2v) is 5.90. The van der Waals surface area contributed by atoms with Crippen LogP contribution in [-0.2, 0) is 25.3 Å². The van der Waals surface area contributed by atoms with Gasteiger partial charge >= 0.3 is 12.1 Å². The molecule has 0 saturated heterocycles. The maximum Gasteiger partial charge on any atom is 0.416 e. The Morgan fingerprint density at radius 1 is 1.22 bits per heavy atom. The number of aliphatic hydroxyl groups excluding tert-OH is 1. The first-order chi connectivity index (χ1) is 12.5. The Labute approximate surface area is 153 Å². The molecule has 0 radical (unpaired) electrons. The number of primary amides is 1. The van der Waals surface area contributed by atoms with Crippen molar-refractivity contribution in [2.45, 2.75) is 38.6 Å². The Hall–Kier alpha value is -2.62. The smallest absolute Gasteiger partial charge is 0.416 e. The predicted molar refractivity (Wildman–Crippen MR) is 87.9 cm³/mol. The summed E-state index contributed by atoms with van der Waals surface area (Å²) in [5.41, 5.74) is 4.20. The summed E-state index contributed by atoms with van der Waals surface area (Å²) in [7, 11) is 0. The van der Waals surface area contributed by atoms with Crippen molar-refractivity contribution in [3.8, 4) is 0 Å². The van der Waals surface area contributed by atoms with Gasteiger partial charge in [-0.15, -0.1) is 0 Å². The molecule has 0 aromatic heterocycles. The number of hydrogen-bond donors (Lipinski definition) is 3. The Morgan fingerprint density at radius 2 is 1.78 bits per heavy atom. The van der Waals surface area contributed by atoms with E-state index < -0.39 is 47.6 Å². The Balaban J connectivity index is 2.83. The molecule has 2 amide bonds. The van der Waals surface area contributed by atoms with Crippen molar-refractivity contribution in [2.75, 3.05) is 6.61 Å². The molecule has 27 heavy (non-hydrogen) atoms. The van der Waals surface area contributed by atoms with E-state index in [-0.39, 0.29) is 18.6 Å². The highest BCUT2D eigenvalue weighted by atomic mass is 19.4. The SMILES string of the molecule is CCOC(=O)C[C@@H](C)[C@@H](NC(=O)[C@@H](O)c1ccc(C(F)(F)F)cc1)C(N)=O. The number of nitrogens with two attached hydrogens (primary N) is 1. The van der Waals surface area contributed by atoms with Crippen LogP contribution in [0, 0.1) is 5.92 Å². The minimum absolute atomic E-state index is 0.0956. The zero-order valence-electron chi connectivity index (χ0n) is 14.7. The standard InChI is InChI=1S/C17H21F3N2O5/c1-3-27-12(23)8-9(2)13(15(21)25)22-16(26)14(24)10-4-6-11(7-5-10)17(18,19)20/h4-7,9,13-14,24H,3,8H2,1-2H3,(H2,21,25)(H,22,26)/t9-,13-,14+/m1/s1. The lowest BCUT2D eigenvalue weighted by Crippen LogP contribution is -2.50. The number of aliphatic hydroxyl groups is 1. The number of alkyl halides is 3. The van der Waals surface area contributed by atoms with Crippen LogP contribution in [0.3, 0.4) is 0 Å². The van der Waals surface area contributed by atoms with E-state index in [2.05, 4.69) is 5.32 Å². The summed E-state index contributed by atoms with van der Waals surface area (Å²) in [6.45, 7) is 3.24. The second kappa shape index (κ2) is 9.36. The number of halogens is 3. The molecule has 0 aliphatic carbocycles. The van der Waals surface area contributed by atoms with Crippen molar-refractivity contribution in [3.05, 3.63) is 35.4 Å². The summed E-state index contributed by atoms with van der Waals surface area (Å²) < 4.78 is 42.4. The molecule has 0 heterocycles. The van der Waals surface area contributed by atoms with Gasteiger partial charge in [-0.3, -0.25) is 14.4 Å². The fourth-order valence-corrected chi connectivity index (χ4v) is 2.33. The summed E-state index contributed by atoms with van der Waals surface area (Å²) in [6.07, 6.45) is -6.56. The van der Waals surface area contributed by atoms with Crippen LogP contribution in [0.1, 0.15) is 37.5 Å². The van der Waals surface area contributed by atoms with Crippen LogP contribution in [0.4, 0.5) is 13.2 Å². The maximum absolute atomic E-state index is 12.6. The number of carbonyl (C=O) groups is 3. The molecule has 150 valence electrons. The van der Waals surface area contributed by atoms with Crippen molar-refractivity contribution in [1.82, 2.24) is 5.32 Å². The third-order valence-electron chi connectivity index (χ3n) is 3.77. The highest BCUT2D eigenvalue weighted by Crippen LogP contribution is 2.30. The Morgan fingerprint density at radius 3 is 2.22 bits per heavy atom. The first-order valence-electron chi connectivity index (χ1n) is 8.07. The Kier molecular flexibility index (Phi) is 7.77. The summed E-state index contributed by atoms with van der Waals surface area (Å²) >= 11 is 0. The Bertz CT molecular complexity index is 676. The average Bonchev–Trinajstić information content (AvgIpc) is 2.57. The minimum Gasteiger partial charge on any atom is -0.466 e. The molecule has 0 saturated carbocycles. The third kappa shape index (κ3) is 6.55. The molecule has 0 aliphatic heterocycles. The van der Waals surface area contributed by atoms with Crippen LogP contribution >= 0.6 is 0 Å².